The number of esters is 1. The number of unbranched alkanes of at least 4 members (excludes halogenated alkanes) is 10. The molecule has 0 aromatic carbocycles. The summed E-state index contributed by atoms with van der Waals surface area (Å²) < 4.78 is 33.1. The van der Waals surface area contributed by atoms with E-state index in [1.807, 2.05) is 0 Å². The highest BCUT2D eigenvalue weighted by molar-refractivity contribution is 7.47. The van der Waals surface area contributed by atoms with Crippen LogP contribution in [0.3, 0.4) is 0 Å². The summed E-state index contributed by atoms with van der Waals surface area (Å²) in [6, 6.07) is 0. The van der Waals surface area contributed by atoms with Crippen molar-refractivity contribution in [2.45, 2.75) is 136 Å². The van der Waals surface area contributed by atoms with Crippen LogP contribution in [0.25, 0.3) is 0 Å². The van der Waals surface area contributed by atoms with Crippen molar-refractivity contribution in [2.75, 3.05) is 33.0 Å². The number of hydrogen-bond donors (Lipinski definition) is 2. The van der Waals surface area contributed by atoms with E-state index in [1.54, 1.807) is 0 Å². The van der Waals surface area contributed by atoms with Crippen LogP contribution < -0.4 is 5.73 Å². The van der Waals surface area contributed by atoms with Gasteiger partial charge in [0.2, 0.25) is 0 Å². The number of allylic oxidation sites excluding steroid dienone is 10. The normalized spacial score (nSPS) is 14.4. The Bertz CT molecular complexity index is 885. The second-order valence-electron chi connectivity index (χ2n) is 11.4. The summed E-state index contributed by atoms with van der Waals surface area (Å²) in [7, 11) is -4.28. The lowest BCUT2D eigenvalue weighted by atomic mass is 10.1. The van der Waals surface area contributed by atoms with Crippen molar-refractivity contribution >= 4 is 13.8 Å². The Morgan fingerprint density at radius 3 is 1.78 bits per heavy atom. The fourth-order valence-electron chi connectivity index (χ4n) is 4.37. The van der Waals surface area contributed by atoms with Crippen LogP contribution >= 0.6 is 7.82 Å². The van der Waals surface area contributed by atoms with Crippen molar-refractivity contribution in [1.82, 2.24) is 0 Å². The lowest BCUT2D eigenvalue weighted by molar-refractivity contribution is -0.154. The molecule has 0 rings (SSSR count). The zero-order valence-corrected chi connectivity index (χ0v) is 29.9. The van der Waals surface area contributed by atoms with Crippen molar-refractivity contribution in [2.24, 2.45) is 5.73 Å². The van der Waals surface area contributed by atoms with Crippen molar-refractivity contribution in [1.29, 1.82) is 0 Å². The molecule has 0 radical (unpaired) electrons. The average molecular weight is 668 g/mol. The Kier molecular flexibility index (Phi) is 33.2. The number of ether oxygens (including phenoxy) is 2. The molecule has 0 aromatic rings. The molecular formula is C37H66NO7P. The average Bonchev–Trinajstić information content (AvgIpc) is 3.04. The van der Waals surface area contributed by atoms with Crippen LogP contribution in [0.15, 0.2) is 60.8 Å². The van der Waals surface area contributed by atoms with Gasteiger partial charge in [-0.2, -0.15) is 0 Å². The van der Waals surface area contributed by atoms with Gasteiger partial charge in [0, 0.05) is 19.6 Å². The second-order valence-corrected chi connectivity index (χ2v) is 12.8. The molecule has 0 aliphatic rings. The number of nitrogens with two attached hydrogens (primary N) is 1. The third-order valence-electron chi connectivity index (χ3n) is 6.95. The smallest absolute Gasteiger partial charge is 0.457 e. The third-order valence-corrected chi connectivity index (χ3v) is 7.93. The topological polar surface area (TPSA) is 117 Å². The van der Waals surface area contributed by atoms with E-state index in [4.69, 9.17) is 24.3 Å². The fraction of sp³-hybridized carbons (Fsp3) is 0.703. The largest absolute Gasteiger partial charge is 0.472 e. The highest BCUT2D eigenvalue weighted by Crippen LogP contribution is 2.43. The summed E-state index contributed by atoms with van der Waals surface area (Å²) in [5, 5.41) is 0. The molecule has 2 atom stereocenters. The van der Waals surface area contributed by atoms with E-state index in [9.17, 15) is 14.3 Å². The molecule has 0 bridgehead atoms. The highest BCUT2D eigenvalue weighted by Gasteiger charge is 2.25. The van der Waals surface area contributed by atoms with Gasteiger partial charge in [-0.1, -0.05) is 126 Å². The van der Waals surface area contributed by atoms with Gasteiger partial charge in [0.25, 0.3) is 0 Å². The summed E-state index contributed by atoms with van der Waals surface area (Å²) in [5.74, 6) is -0.353. The SMILES string of the molecule is CC/C=C\C/C=C\C/C=C\C/C=C\C/C=C\CCCCOCC(COP(=O)(O)OCCN)OC(=O)CCCCCCCCCCC. The maximum atomic E-state index is 12.4. The maximum absolute atomic E-state index is 12.4. The van der Waals surface area contributed by atoms with Crippen LogP contribution in [0, 0.1) is 0 Å². The van der Waals surface area contributed by atoms with Gasteiger partial charge in [0.05, 0.1) is 19.8 Å². The molecule has 0 aliphatic heterocycles. The van der Waals surface area contributed by atoms with Crippen LogP contribution in [0.2, 0.25) is 0 Å². The first-order chi connectivity index (χ1) is 22.4. The summed E-state index contributed by atoms with van der Waals surface area (Å²) in [4.78, 5) is 22.3. The van der Waals surface area contributed by atoms with Crippen LogP contribution in [-0.4, -0.2) is 49.9 Å². The van der Waals surface area contributed by atoms with Gasteiger partial charge in [-0.05, 0) is 57.8 Å². The van der Waals surface area contributed by atoms with E-state index in [0.29, 0.717) is 13.0 Å². The molecule has 266 valence electrons. The minimum absolute atomic E-state index is 0.0854. The Morgan fingerprint density at radius 1 is 0.674 bits per heavy atom. The standard InChI is InChI=1S/C37H66NO7P/c1-3-5-7-9-11-13-14-15-16-17-18-19-20-21-23-25-27-29-32-42-34-36(35-44-46(40,41)43-33-31-38)45-37(39)30-28-26-24-22-12-10-8-6-4-2/h5,7,11,13,15-16,18-19,21,23,36H,3-4,6,8-10,12,14,17,20,22,24-35,38H2,1-2H3,(H,40,41)/b7-5-,13-11-,16-15-,19-18-,23-21-. The predicted molar refractivity (Wildman–Crippen MR) is 192 cm³/mol. The maximum Gasteiger partial charge on any atom is 0.472 e. The predicted octanol–water partition coefficient (Wildman–Crippen LogP) is 9.85. The van der Waals surface area contributed by atoms with Crippen molar-refractivity contribution in [3.8, 4) is 0 Å². The monoisotopic (exact) mass is 667 g/mol. The van der Waals surface area contributed by atoms with Gasteiger partial charge < -0.3 is 20.1 Å². The van der Waals surface area contributed by atoms with Gasteiger partial charge in [-0.15, -0.1) is 0 Å². The van der Waals surface area contributed by atoms with E-state index < -0.39 is 13.9 Å². The van der Waals surface area contributed by atoms with Gasteiger partial charge >= 0.3 is 13.8 Å². The van der Waals surface area contributed by atoms with Crippen molar-refractivity contribution < 1.29 is 32.8 Å². The molecule has 0 saturated carbocycles. The van der Waals surface area contributed by atoms with E-state index in [-0.39, 0.29) is 32.3 Å². The van der Waals surface area contributed by atoms with Crippen LogP contribution in [-0.2, 0) is 27.9 Å². The molecule has 0 spiro atoms. The Hall–Kier alpha value is -1.80. The molecule has 0 saturated heterocycles. The second kappa shape index (κ2) is 34.5. The minimum atomic E-state index is -4.28. The molecule has 8 nitrogen and oxygen atoms in total. The van der Waals surface area contributed by atoms with Gasteiger partial charge in [0.15, 0.2) is 0 Å². The summed E-state index contributed by atoms with van der Waals surface area (Å²) in [5.41, 5.74) is 5.33. The van der Waals surface area contributed by atoms with Gasteiger partial charge in [0.1, 0.15) is 6.10 Å². The van der Waals surface area contributed by atoms with Crippen LogP contribution in [0.4, 0.5) is 0 Å². The molecule has 3 N–H and O–H groups in total. The first kappa shape index (κ1) is 44.2. The minimum Gasteiger partial charge on any atom is -0.457 e. The molecule has 0 fully saturated rings. The number of phosphoric acid groups is 1. The van der Waals surface area contributed by atoms with Gasteiger partial charge in [-0.25, -0.2) is 4.57 Å². The summed E-state index contributed by atoms with van der Waals surface area (Å²) in [6.45, 7) is 4.64. The zero-order valence-electron chi connectivity index (χ0n) is 29.0. The quantitative estimate of drug-likeness (QED) is 0.0307. The fourth-order valence-corrected chi connectivity index (χ4v) is 5.14. The Labute approximate surface area is 281 Å². The highest BCUT2D eigenvalue weighted by atomic mass is 31.2. The molecule has 46 heavy (non-hydrogen) atoms. The number of carbonyl (C=O) groups is 1. The first-order valence-electron chi connectivity index (χ1n) is 17.8. The first-order valence-corrected chi connectivity index (χ1v) is 19.3. The zero-order chi connectivity index (χ0) is 33.8. The van der Waals surface area contributed by atoms with E-state index in [2.05, 4.69) is 74.6 Å². The molecule has 2 unspecified atom stereocenters. The van der Waals surface area contributed by atoms with Gasteiger partial charge in [-0.3, -0.25) is 13.8 Å². The van der Waals surface area contributed by atoms with E-state index in [0.717, 1.165) is 70.6 Å². The van der Waals surface area contributed by atoms with Crippen LogP contribution in [0.1, 0.15) is 129 Å². The number of hydrogen-bond acceptors (Lipinski definition) is 7. The molecule has 0 aromatic heterocycles. The van der Waals surface area contributed by atoms with Crippen LogP contribution in [0.5, 0.6) is 0 Å². The lowest BCUT2D eigenvalue weighted by Gasteiger charge is -2.20. The number of carbonyl (C=O) groups excluding carboxylic acids is 1. The lowest BCUT2D eigenvalue weighted by Crippen LogP contribution is -2.28. The summed E-state index contributed by atoms with van der Waals surface area (Å²) in [6.07, 6.45) is 39.6. The molecule has 9 heteroatoms. The number of rotatable bonds is 33. The van der Waals surface area contributed by atoms with E-state index in [1.165, 1.54) is 38.5 Å². The van der Waals surface area contributed by atoms with E-state index >= 15 is 0 Å². The third kappa shape index (κ3) is 33.6. The van der Waals surface area contributed by atoms with Crippen molar-refractivity contribution in [3.63, 3.8) is 0 Å². The Balaban J connectivity index is 4.19. The molecular weight excluding hydrogens is 601 g/mol. The Morgan fingerprint density at radius 2 is 1.22 bits per heavy atom. The molecule has 0 aliphatic carbocycles. The number of phosphoric ester groups is 1. The molecule has 0 amide bonds. The van der Waals surface area contributed by atoms with Crippen molar-refractivity contribution in [3.05, 3.63) is 60.8 Å². The summed E-state index contributed by atoms with van der Waals surface area (Å²) >= 11 is 0. The molecule has 0 heterocycles.